The summed E-state index contributed by atoms with van der Waals surface area (Å²) in [6.07, 6.45) is 11.2. The zero-order valence-corrected chi connectivity index (χ0v) is 18.8. The molecular formula is C25H24N4O3S. The number of nitrogens with one attached hydrogen (secondary N) is 2. The van der Waals surface area contributed by atoms with E-state index in [9.17, 15) is 4.79 Å². The zero-order chi connectivity index (χ0) is 22.5. The average molecular weight is 461 g/mol. The number of furan rings is 2. The van der Waals surface area contributed by atoms with E-state index in [0.29, 0.717) is 19.5 Å². The Balaban J connectivity index is 1.21. The van der Waals surface area contributed by atoms with Gasteiger partial charge in [0.2, 0.25) is 0 Å². The Morgan fingerprint density at radius 1 is 1.03 bits per heavy atom. The van der Waals surface area contributed by atoms with Gasteiger partial charge < -0.3 is 19.1 Å². The molecule has 0 aromatic carbocycles. The number of hydrogen-bond donors (Lipinski definition) is 2. The highest BCUT2D eigenvalue weighted by Gasteiger charge is 2.16. The first-order chi connectivity index (χ1) is 16.3. The van der Waals surface area contributed by atoms with Crippen molar-refractivity contribution in [3.05, 3.63) is 100 Å². The molecule has 168 valence electrons. The smallest absolute Gasteiger partial charge is 0.261 e. The number of rotatable bonds is 10. The van der Waals surface area contributed by atoms with E-state index in [1.165, 1.54) is 11.3 Å². The van der Waals surface area contributed by atoms with Crippen molar-refractivity contribution in [3.63, 3.8) is 0 Å². The minimum absolute atomic E-state index is 0.0362. The minimum atomic E-state index is -0.0362. The lowest BCUT2D eigenvalue weighted by molar-refractivity contribution is 0.0950. The molecule has 0 unspecified atom stereocenters. The van der Waals surface area contributed by atoms with Crippen LogP contribution >= 0.6 is 11.3 Å². The fourth-order valence-electron chi connectivity index (χ4n) is 3.96. The number of hydrogen-bond acceptors (Lipinski definition) is 6. The van der Waals surface area contributed by atoms with Crippen LogP contribution in [0.4, 0.5) is 0 Å². The number of carbonyl (C=O) groups excluding carboxylic acids is 1. The summed E-state index contributed by atoms with van der Waals surface area (Å²) in [6, 6.07) is 9.99. The lowest BCUT2D eigenvalue weighted by Gasteiger charge is -2.21. The zero-order valence-electron chi connectivity index (χ0n) is 18.0. The predicted molar refractivity (Wildman–Crippen MR) is 127 cm³/mol. The molecule has 5 heterocycles. The Labute approximate surface area is 195 Å². The maximum absolute atomic E-state index is 13.0. The van der Waals surface area contributed by atoms with Crippen molar-refractivity contribution in [1.29, 1.82) is 0 Å². The second-order valence-corrected chi connectivity index (χ2v) is 8.81. The van der Waals surface area contributed by atoms with Crippen LogP contribution in [0.2, 0.25) is 0 Å². The van der Waals surface area contributed by atoms with Crippen molar-refractivity contribution in [2.24, 2.45) is 0 Å². The van der Waals surface area contributed by atoms with E-state index < -0.39 is 0 Å². The van der Waals surface area contributed by atoms with E-state index >= 15 is 0 Å². The molecule has 0 aliphatic rings. The van der Waals surface area contributed by atoms with Crippen LogP contribution in [-0.2, 0) is 19.5 Å². The Morgan fingerprint density at radius 3 is 2.55 bits per heavy atom. The molecule has 2 N–H and O–H groups in total. The number of fused-ring (bicyclic) bond motifs is 1. The van der Waals surface area contributed by atoms with Crippen LogP contribution in [0, 0.1) is 0 Å². The van der Waals surface area contributed by atoms with E-state index in [0.717, 1.165) is 51.3 Å². The molecule has 0 saturated carbocycles. The van der Waals surface area contributed by atoms with Gasteiger partial charge >= 0.3 is 0 Å². The predicted octanol–water partition coefficient (Wildman–Crippen LogP) is 4.83. The number of pyridine rings is 1. The van der Waals surface area contributed by atoms with Crippen LogP contribution in [0.5, 0.6) is 0 Å². The van der Waals surface area contributed by atoms with Gasteiger partial charge in [0.25, 0.3) is 5.91 Å². The van der Waals surface area contributed by atoms with Crippen LogP contribution in [0.3, 0.4) is 0 Å². The van der Waals surface area contributed by atoms with Gasteiger partial charge in [0.15, 0.2) is 0 Å². The first-order valence-corrected chi connectivity index (χ1v) is 11.6. The van der Waals surface area contributed by atoms with Gasteiger partial charge in [0.05, 0.1) is 29.9 Å². The second-order valence-electron chi connectivity index (χ2n) is 7.89. The van der Waals surface area contributed by atoms with Gasteiger partial charge in [-0.3, -0.25) is 9.69 Å². The van der Waals surface area contributed by atoms with E-state index in [-0.39, 0.29) is 5.91 Å². The monoisotopic (exact) mass is 460 g/mol. The molecule has 7 nitrogen and oxygen atoms in total. The topological polar surface area (TPSA) is 87.3 Å². The molecule has 0 atom stereocenters. The highest BCUT2D eigenvalue weighted by molar-refractivity contribution is 7.12. The van der Waals surface area contributed by atoms with Crippen LogP contribution in [0.25, 0.3) is 11.0 Å². The Morgan fingerprint density at radius 2 is 1.82 bits per heavy atom. The first-order valence-electron chi connectivity index (χ1n) is 10.8. The minimum Gasteiger partial charge on any atom is -0.472 e. The number of thiophene rings is 1. The second kappa shape index (κ2) is 9.89. The fourth-order valence-corrected chi connectivity index (χ4v) is 4.79. The molecule has 1 amide bonds. The van der Waals surface area contributed by atoms with Gasteiger partial charge in [0, 0.05) is 55.1 Å². The van der Waals surface area contributed by atoms with Gasteiger partial charge in [-0.15, -0.1) is 11.3 Å². The van der Waals surface area contributed by atoms with Crippen LogP contribution in [-0.4, -0.2) is 33.9 Å². The van der Waals surface area contributed by atoms with Crippen LogP contribution in [0.15, 0.2) is 82.0 Å². The summed E-state index contributed by atoms with van der Waals surface area (Å²) >= 11 is 1.48. The van der Waals surface area contributed by atoms with Crippen molar-refractivity contribution in [3.8, 4) is 0 Å². The number of aromatic nitrogens is 2. The van der Waals surface area contributed by atoms with Crippen molar-refractivity contribution < 1.29 is 13.6 Å². The van der Waals surface area contributed by atoms with E-state index in [1.807, 2.05) is 41.9 Å². The van der Waals surface area contributed by atoms with Crippen molar-refractivity contribution in [2.45, 2.75) is 19.5 Å². The third kappa shape index (κ3) is 5.08. The summed E-state index contributed by atoms with van der Waals surface area (Å²) in [4.78, 5) is 23.5. The number of carbonyl (C=O) groups is 1. The van der Waals surface area contributed by atoms with Gasteiger partial charge in [0.1, 0.15) is 5.65 Å². The molecule has 0 fully saturated rings. The molecule has 5 aromatic rings. The summed E-state index contributed by atoms with van der Waals surface area (Å²) in [5.74, 6) is -0.0362. The largest absolute Gasteiger partial charge is 0.472 e. The Bertz CT molecular complexity index is 1270. The number of nitrogens with zero attached hydrogens (tertiary/aromatic N) is 2. The van der Waals surface area contributed by atoms with Crippen molar-refractivity contribution >= 4 is 28.3 Å². The van der Waals surface area contributed by atoms with Crippen LogP contribution in [0.1, 0.15) is 31.9 Å². The molecule has 0 spiro atoms. The molecule has 0 aliphatic heterocycles. The molecular weight excluding hydrogens is 436 g/mol. The summed E-state index contributed by atoms with van der Waals surface area (Å²) in [5, 5.41) is 6.16. The summed E-state index contributed by atoms with van der Waals surface area (Å²) in [6.45, 7) is 2.72. The van der Waals surface area contributed by atoms with Gasteiger partial charge in [-0.2, -0.15) is 0 Å². The molecule has 0 bridgehead atoms. The SMILES string of the molecule is O=C(NCCN(Cc1ccoc1)Cc1ccoc1)c1sccc1Cc1ccnc2[nH]ccc12. The lowest BCUT2D eigenvalue weighted by atomic mass is 10.0. The van der Waals surface area contributed by atoms with Crippen LogP contribution < -0.4 is 5.32 Å². The number of aromatic amines is 1. The standard InChI is InChI=1S/C25H24N4O3S/c30-25(23-21(5-12-33-23)13-20-1-6-26-24-22(20)2-7-27-24)28-8-9-29(14-18-3-10-31-16-18)15-19-4-11-32-17-19/h1-7,10-12,16-17H,8-9,13-15H2,(H,26,27)(H,28,30). The number of amides is 1. The molecule has 8 heteroatoms. The summed E-state index contributed by atoms with van der Waals surface area (Å²) in [7, 11) is 0. The van der Waals surface area contributed by atoms with Gasteiger partial charge in [-0.05, 0) is 53.3 Å². The Kier molecular flexibility index (Phi) is 6.37. The summed E-state index contributed by atoms with van der Waals surface area (Å²) < 4.78 is 10.4. The number of H-pyrrole nitrogens is 1. The molecule has 0 radical (unpaired) electrons. The molecule has 0 aliphatic carbocycles. The first kappa shape index (κ1) is 21.2. The normalized spacial score (nSPS) is 11.4. The van der Waals surface area contributed by atoms with E-state index in [4.69, 9.17) is 8.83 Å². The quantitative estimate of drug-likeness (QED) is 0.312. The molecule has 5 rings (SSSR count). The maximum Gasteiger partial charge on any atom is 0.261 e. The van der Waals surface area contributed by atoms with E-state index in [2.05, 4.69) is 20.2 Å². The average Bonchev–Trinajstić information content (AvgIpc) is 3.61. The molecule has 5 aromatic heterocycles. The third-order valence-electron chi connectivity index (χ3n) is 5.57. The van der Waals surface area contributed by atoms with E-state index in [1.54, 1.807) is 31.2 Å². The molecule has 33 heavy (non-hydrogen) atoms. The highest BCUT2D eigenvalue weighted by atomic mass is 32.1. The van der Waals surface area contributed by atoms with Gasteiger partial charge in [-0.25, -0.2) is 4.98 Å². The van der Waals surface area contributed by atoms with Crippen molar-refractivity contribution in [2.75, 3.05) is 13.1 Å². The third-order valence-corrected chi connectivity index (χ3v) is 6.53. The molecule has 0 saturated heterocycles. The lowest BCUT2D eigenvalue weighted by Crippen LogP contribution is -2.34. The Hall–Kier alpha value is -3.62. The van der Waals surface area contributed by atoms with Crippen molar-refractivity contribution in [1.82, 2.24) is 20.2 Å². The van der Waals surface area contributed by atoms with Gasteiger partial charge in [-0.1, -0.05) is 0 Å². The highest BCUT2D eigenvalue weighted by Crippen LogP contribution is 2.24. The maximum atomic E-state index is 13.0. The fraction of sp³-hybridized carbons (Fsp3) is 0.200. The summed E-state index contributed by atoms with van der Waals surface area (Å²) in [5.41, 5.74) is 5.24.